The number of hydrogen-bond donors (Lipinski definition) is 0. The van der Waals surface area contributed by atoms with E-state index in [4.69, 9.17) is 0 Å². The van der Waals surface area contributed by atoms with Gasteiger partial charge in [-0.2, -0.15) is 9.40 Å². The Hall–Kier alpha value is -3.04. The van der Waals surface area contributed by atoms with E-state index in [-0.39, 0.29) is 29.9 Å². The summed E-state index contributed by atoms with van der Waals surface area (Å²) in [5.74, 6) is -0.255. The first-order valence-electron chi connectivity index (χ1n) is 10.2. The van der Waals surface area contributed by atoms with E-state index < -0.39 is 10.0 Å². The standard InChI is InChI=1S/C22H25N5O3S/c1-17(18-7-4-3-5-8-18)22(28)26-11-13-27(14-12-26)31(29,30)21-20(16-25(2)24-21)19-9-6-10-23-15-19/h3-10,15-17H,11-14H2,1-2H3/t17-/m1/s1. The van der Waals surface area contributed by atoms with Crippen LogP contribution < -0.4 is 0 Å². The Balaban J connectivity index is 1.50. The van der Waals surface area contributed by atoms with Crippen LogP contribution in [0.15, 0.2) is 66.1 Å². The molecule has 1 atom stereocenters. The highest BCUT2D eigenvalue weighted by atomic mass is 32.2. The zero-order valence-corrected chi connectivity index (χ0v) is 18.4. The second-order valence-corrected chi connectivity index (χ2v) is 9.48. The molecule has 9 heteroatoms. The Labute approximate surface area is 182 Å². The molecule has 0 bridgehead atoms. The third-order valence-electron chi connectivity index (χ3n) is 5.57. The third kappa shape index (κ3) is 4.24. The number of sulfonamides is 1. The number of carbonyl (C=O) groups excluding carboxylic acids is 1. The van der Waals surface area contributed by atoms with Gasteiger partial charge in [0.15, 0.2) is 5.03 Å². The Morgan fingerprint density at radius 1 is 1.03 bits per heavy atom. The predicted molar refractivity (Wildman–Crippen MR) is 117 cm³/mol. The molecule has 1 aliphatic rings. The molecule has 8 nitrogen and oxygen atoms in total. The van der Waals surface area contributed by atoms with Gasteiger partial charge in [-0.25, -0.2) is 8.42 Å². The van der Waals surface area contributed by atoms with Crippen molar-refractivity contribution in [3.05, 3.63) is 66.6 Å². The van der Waals surface area contributed by atoms with Gasteiger partial charge in [-0.3, -0.25) is 14.5 Å². The van der Waals surface area contributed by atoms with E-state index >= 15 is 0 Å². The van der Waals surface area contributed by atoms with Crippen LogP contribution in [0.1, 0.15) is 18.4 Å². The molecule has 162 valence electrons. The molecule has 0 aliphatic carbocycles. The molecule has 1 fully saturated rings. The molecule has 1 aliphatic heterocycles. The predicted octanol–water partition coefficient (Wildman–Crippen LogP) is 2.12. The number of aryl methyl sites for hydroxylation is 1. The average Bonchev–Trinajstić information content (AvgIpc) is 3.22. The number of pyridine rings is 1. The minimum Gasteiger partial charge on any atom is -0.340 e. The van der Waals surface area contributed by atoms with Gasteiger partial charge >= 0.3 is 0 Å². The maximum Gasteiger partial charge on any atom is 0.263 e. The summed E-state index contributed by atoms with van der Waals surface area (Å²) in [6.45, 7) is 3.06. The molecule has 1 amide bonds. The minimum absolute atomic E-state index is 0.0112. The zero-order chi connectivity index (χ0) is 22.0. The number of carbonyl (C=O) groups is 1. The van der Waals surface area contributed by atoms with Crippen LogP contribution in [0.25, 0.3) is 11.1 Å². The number of rotatable bonds is 5. The van der Waals surface area contributed by atoms with Crippen molar-refractivity contribution in [1.82, 2.24) is 24.0 Å². The fourth-order valence-electron chi connectivity index (χ4n) is 3.81. The lowest BCUT2D eigenvalue weighted by Gasteiger charge is -2.35. The number of amides is 1. The van der Waals surface area contributed by atoms with Gasteiger partial charge < -0.3 is 4.90 Å². The van der Waals surface area contributed by atoms with Crippen molar-refractivity contribution in [1.29, 1.82) is 0 Å². The Bertz CT molecular complexity index is 1150. The van der Waals surface area contributed by atoms with Gasteiger partial charge in [0, 0.05) is 62.9 Å². The van der Waals surface area contributed by atoms with E-state index in [0.717, 1.165) is 5.56 Å². The Morgan fingerprint density at radius 2 is 1.74 bits per heavy atom. The molecule has 0 unspecified atom stereocenters. The van der Waals surface area contributed by atoms with E-state index in [2.05, 4.69) is 10.1 Å². The van der Waals surface area contributed by atoms with Crippen molar-refractivity contribution in [2.24, 2.45) is 7.05 Å². The van der Waals surface area contributed by atoms with Crippen molar-refractivity contribution in [3.8, 4) is 11.1 Å². The summed E-state index contributed by atoms with van der Waals surface area (Å²) < 4.78 is 29.6. The van der Waals surface area contributed by atoms with Gasteiger partial charge in [-0.15, -0.1) is 0 Å². The van der Waals surface area contributed by atoms with Crippen LogP contribution in [0.5, 0.6) is 0 Å². The van der Waals surface area contributed by atoms with Crippen molar-refractivity contribution in [3.63, 3.8) is 0 Å². The summed E-state index contributed by atoms with van der Waals surface area (Å²) in [6.07, 6.45) is 4.95. The zero-order valence-electron chi connectivity index (χ0n) is 17.5. The van der Waals surface area contributed by atoms with E-state index in [1.807, 2.05) is 43.3 Å². The molecule has 0 radical (unpaired) electrons. The van der Waals surface area contributed by atoms with Crippen LogP contribution in [0.3, 0.4) is 0 Å². The lowest BCUT2D eigenvalue weighted by Crippen LogP contribution is -2.51. The fraction of sp³-hybridized carbons (Fsp3) is 0.318. The Morgan fingerprint density at radius 3 is 2.39 bits per heavy atom. The molecule has 0 spiro atoms. The molecular weight excluding hydrogens is 414 g/mol. The van der Waals surface area contributed by atoms with Crippen LogP contribution in [-0.4, -0.2) is 64.5 Å². The molecule has 2 aromatic heterocycles. The van der Waals surface area contributed by atoms with Gasteiger partial charge in [0.05, 0.1) is 5.92 Å². The summed E-state index contributed by atoms with van der Waals surface area (Å²) in [4.78, 5) is 18.7. The average molecular weight is 440 g/mol. The minimum atomic E-state index is -3.81. The normalized spacial score (nSPS) is 16.3. The maximum absolute atomic E-state index is 13.4. The van der Waals surface area contributed by atoms with Crippen LogP contribution >= 0.6 is 0 Å². The van der Waals surface area contributed by atoms with Crippen molar-refractivity contribution >= 4 is 15.9 Å². The third-order valence-corrected chi connectivity index (χ3v) is 7.41. The van der Waals surface area contributed by atoms with Gasteiger partial charge in [-0.05, 0) is 18.6 Å². The number of piperazine rings is 1. The van der Waals surface area contributed by atoms with Crippen LogP contribution in [0, 0.1) is 0 Å². The monoisotopic (exact) mass is 439 g/mol. The highest BCUT2D eigenvalue weighted by molar-refractivity contribution is 7.89. The van der Waals surface area contributed by atoms with E-state index in [0.29, 0.717) is 24.2 Å². The summed E-state index contributed by atoms with van der Waals surface area (Å²) >= 11 is 0. The quantitative estimate of drug-likeness (QED) is 0.608. The topological polar surface area (TPSA) is 88.4 Å². The van der Waals surface area contributed by atoms with E-state index in [9.17, 15) is 13.2 Å². The second kappa shape index (κ2) is 8.60. The lowest BCUT2D eigenvalue weighted by atomic mass is 9.99. The first-order valence-corrected chi connectivity index (χ1v) is 11.6. The van der Waals surface area contributed by atoms with Crippen molar-refractivity contribution in [2.45, 2.75) is 17.9 Å². The van der Waals surface area contributed by atoms with Crippen LogP contribution in [0.2, 0.25) is 0 Å². The molecule has 0 saturated carbocycles. The summed E-state index contributed by atoms with van der Waals surface area (Å²) in [5, 5.41) is 4.25. The molecule has 31 heavy (non-hydrogen) atoms. The Kier molecular flexibility index (Phi) is 5.88. The molecule has 0 N–H and O–H groups in total. The largest absolute Gasteiger partial charge is 0.340 e. The van der Waals surface area contributed by atoms with Gasteiger partial charge in [0.25, 0.3) is 10.0 Å². The molecule has 3 aromatic rings. The highest BCUT2D eigenvalue weighted by Gasteiger charge is 2.35. The first-order chi connectivity index (χ1) is 14.9. The molecular formula is C22H25N5O3S. The molecule has 4 rings (SSSR count). The van der Waals surface area contributed by atoms with Gasteiger partial charge in [-0.1, -0.05) is 36.4 Å². The van der Waals surface area contributed by atoms with Crippen LogP contribution in [0.4, 0.5) is 0 Å². The number of aromatic nitrogens is 3. The number of hydrogen-bond acceptors (Lipinski definition) is 5. The molecule has 3 heterocycles. The van der Waals surface area contributed by atoms with Crippen molar-refractivity contribution < 1.29 is 13.2 Å². The van der Waals surface area contributed by atoms with Crippen LogP contribution in [-0.2, 0) is 21.9 Å². The van der Waals surface area contributed by atoms with Gasteiger partial charge in [0.1, 0.15) is 0 Å². The summed E-state index contributed by atoms with van der Waals surface area (Å²) in [5.41, 5.74) is 2.17. The first kappa shape index (κ1) is 21.2. The smallest absolute Gasteiger partial charge is 0.263 e. The summed E-state index contributed by atoms with van der Waals surface area (Å²) in [7, 11) is -2.11. The molecule has 1 saturated heterocycles. The van der Waals surface area contributed by atoms with Gasteiger partial charge in [0.2, 0.25) is 5.91 Å². The van der Waals surface area contributed by atoms with E-state index in [1.54, 1.807) is 36.6 Å². The maximum atomic E-state index is 13.4. The van der Waals surface area contributed by atoms with Crippen molar-refractivity contribution in [2.75, 3.05) is 26.2 Å². The lowest BCUT2D eigenvalue weighted by molar-refractivity contribution is -0.133. The number of nitrogens with zero attached hydrogens (tertiary/aromatic N) is 5. The second-order valence-electron chi connectivity index (χ2n) is 7.63. The number of benzene rings is 1. The summed E-state index contributed by atoms with van der Waals surface area (Å²) in [6, 6.07) is 13.2. The highest BCUT2D eigenvalue weighted by Crippen LogP contribution is 2.28. The SMILES string of the molecule is C[C@@H](C(=O)N1CCN(S(=O)(=O)c2nn(C)cc2-c2cccnc2)CC1)c1ccccc1. The van der Waals surface area contributed by atoms with E-state index in [1.165, 1.54) is 8.99 Å². The molecule has 1 aromatic carbocycles. The fourth-order valence-corrected chi connectivity index (χ4v) is 5.38.